The summed E-state index contributed by atoms with van der Waals surface area (Å²) in [5.41, 5.74) is 1.63. The minimum absolute atomic E-state index is 0.00724. The van der Waals surface area contributed by atoms with Crippen molar-refractivity contribution in [3.8, 4) is 11.5 Å². The zero-order valence-electron chi connectivity index (χ0n) is 10.6. The predicted octanol–water partition coefficient (Wildman–Crippen LogP) is 3.24. The third kappa shape index (κ3) is 3.63. The van der Waals surface area contributed by atoms with Gasteiger partial charge in [0.05, 0.1) is 7.11 Å². The summed E-state index contributed by atoms with van der Waals surface area (Å²) in [5.74, 6) is 1.21. The van der Waals surface area contributed by atoms with Gasteiger partial charge >= 0.3 is 0 Å². The Bertz CT molecular complexity index is 421. The van der Waals surface area contributed by atoms with E-state index in [9.17, 15) is 4.79 Å². The van der Waals surface area contributed by atoms with Crippen LogP contribution in [0.2, 0.25) is 0 Å². The van der Waals surface area contributed by atoms with Gasteiger partial charge < -0.3 is 9.47 Å². The Labute approximate surface area is 102 Å². The maximum Gasteiger partial charge on any atom is 0.161 e. The zero-order valence-corrected chi connectivity index (χ0v) is 10.6. The van der Waals surface area contributed by atoms with Crippen molar-refractivity contribution in [1.82, 2.24) is 0 Å². The average molecular weight is 234 g/mol. The molecule has 0 aliphatic heterocycles. The quantitative estimate of drug-likeness (QED) is 0.560. The highest BCUT2D eigenvalue weighted by Gasteiger charge is 2.08. The molecule has 3 heteroatoms. The first-order chi connectivity index (χ1) is 8.08. The topological polar surface area (TPSA) is 35.5 Å². The molecule has 0 saturated heterocycles. The maximum atomic E-state index is 11.2. The standard InChI is InChI=1S/C14H18O3/c1-5-10(2)9-17-13-7-6-12(11(3)15)8-14(13)16-4/h6-8H,2,5,9H2,1,3-4H3. The molecule has 0 bridgehead atoms. The second-order valence-electron chi connectivity index (χ2n) is 3.81. The first-order valence-corrected chi connectivity index (χ1v) is 5.57. The van der Waals surface area contributed by atoms with E-state index >= 15 is 0 Å². The van der Waals surface area contributed by atoms with Crippen LogP contribution in [0.3, 0.4) is 0 Å². The number of hydrogen-bond acceptors (Lipinski definition) is 3. The number of ketones is 1. The van der Waals surface area contributed by atoms with Gasteiger partial charge in [-0.1, -0.05) is 13.5 Å². The van der Waals surface area contributed by atoms with Crippen LogP contribution in [0.15, 0.2) is 30.4 Å². The minimum Gasteiger partial charge on any atom is -0.493 e. The highest BCUT2D eigenvalue weighted by molar-refractivity contribution is 5.94. The number of benzene rings is 1. The molecule has 1 aromatic rings. The van der Waals surface area contributed by atoms with Gasteiger partial charge in [-0.2, -0.15) is 0 Å². The van der Waals surface area contributed by atoms with Gasteiger partial charge in [0.2, 0.25) is 0 Å². The van der Waals surface area contributed by atoms with E-state index in [1.54, 1.807) is 25.3 Å². The van der Waals surface area contributed by atoms with E-state index < -0.39 is 0 Å². The number of ether oxygens (including phenoxy) is 2. The highest BCUT2D eigenvalue weighted by atomic mass is 16.5. The molecule has 0 spiro atoms. The molecule has 0 amide bonds. The molecule has 17 heavy (non-hydrogen) atoms. The van der Waals surface area contributed by atoms with Crippen molar-refractivity contribution in [2.45, 2.75) is 20.3 Å². The van der Waals surface area contributed by atoms with Gasteiger partial charge in [0.15, 0.2) is 17.3 Å². The minimum atomic E-state index is 0.00724. The molecule has 0 unspecified atom stereocenters. The molecule has 0 N–H and O–H groups in total. The largest absolute Gasteiger partial charge is 0.493 e. The Morgan fingerprint density at radius 1 is 1.35 bits per heavy atom. The van der Waals surface area contributed by atoms with Crippen LogP contribution in [0.1, 0.15) is 30.6 Å². The van der Waals surface area contributed by atoms with Gasteiger partial charge in [0, 0.05) is 5.56 Å². The predicted molar refractivity (Wildman–Crippen MR) is 67.9 cm³/mol. The molecule has 0 heterocycles. The van der Waals surface area contributed by atoms with E-state index in [2.05, 4.69) is 6.58 Å². The number of hydrogen-bond donors (Lipinski definition) is 0. The summed E-state index contributed by atoms with van der Waals surface area (Å²) in [6, 6.07) is 5.17. The van der Waals surface area contributed by atoms with E-state index in [1.807, 2.05) is 6.92 Å². The molecule has 1 rings (SSSR count). The van der Waals surface area contributed by atoms with Gasteiger partial charge in [0.25, 0.3) is 0 Å². The molecule has 0 fully saturated rings. The van der Waals surface area contributed by atoms with Gasteiger partial charge in [0.1, 0.15) is 6.61 Å². The maximum absolute atomic E-state index is 11.2. The molecule has 0 atom stereocenters. The van der Waals surface area contributed by atoms with Crippen molar-refractivity contribution < 1.29 is 14.3 Å². The van der Waals surface area contributed by atoms with Crippen LogP contribution < -0.4 is 9.47 Å². The Morgan fingerprint density at radius 2 is 2.06 bits per heavy atom. The summed E-state index contributed by atoms with van der Waals surface area (Å²) in [6.07, 6.45) is 0.883. The zero-order chi connectivity index (χ0) is 12.8. The average Bonchev–Trinajstić information content (AvgIpc) is 2.35. The SMILES string of the molecule is C=C(CC)COc1ccc(C(C)=O)cc1OC. The second-order valence-corrected chi connectivity index (χ2v) is 3.81. The Hall–Kier alpha value is -1.77. The van der Waals surface area contributed by atoms with Crippen molar-refractivity contribution in [3.05, 3.63) is 35.9 Å². The molecule has 0 saturated carbocycles. The van der Waals surface area contributed by atoms with Crippen LogP contribution >= 0.6 is 0 Å². The summed E-state index contributed by atoms with van der Waals surface area (Å²) < 4.78 is 10.8. The fraction of sp³-hybridized carbons (Fsp3) is 0.357. The van der Waals surface area contributed by atoms with Gasteiger partial charge in [-0.15, -0.1) is 0 Å². The van der Waals surface area contributed by atoms with Gasteiger partial charge in [-0.05, 0) is 37.1 Å². The summed E-state index contributed by atoms with van der Waals surface area (Å²) in [4.78, 5) is 11.2. The summed E-state index contributed by atoms with van der Waals surface area (Å²) in [7, 11) is 1.56. The molecule has 0 radical (unpaired) electrons. The van der Waals surface area contributed by atoms with E-state index in [0.29, 0.717) is 23.7 Å². The van der Waals surface area contributed by atoms with Crippen LogP contribution in [-0.4, -0.2) is 19.5 Å². The number of carbonyl (C=O) groups excluding carboxylic acids is 1. The summed E-state index contributed by atoms with van der Waals surface area (Å²) in [5, 5.41) is 0. The van der Waals surface area contributed by atoms with Crippen molar-refractivity contribution in [3.63, 3.8) is 0 Å². The van der Waals surface area contributed by atoms with Crippen molar-refractivity contribution >= 4 is 5.78 Å². The highest BCUT2D eigenvalue weighted by Crippen LogP contribution is 2.28. The molecule has 1 aromatic carbocycles. The van der Waals surface area contributed by atoms with Crippen molar-refractivity contribution in [2.24, 2.45) is 0 Å². The second kappa shape index (κ2) is 6.09. The Morgan fingerprint density at radius 3 is 2.59 bits per heavy atom. The fourth-order valence-corrected chi connectivity index (χ4v) is 1.29. The molecule has 3 nitrogen and oxygen atoms in total. The summed E-state index contributed by atoms with van der Waals surface area (Å²) >= 11 is 0. The number of rotatable bonds is 6. The molecule has 0 aliphatic rings. The van der Waals surface area contributed by atoms with Crippen LogP contribution in [0.4, 0.5) is 0 Å². The lowest BCUT2D eigenvalue weighted by molar-refractivity contribution is 0.101. The Balaban J connectivity index is 2.85. The smallest absolute Gasteiger partial charge is 0.161 e. The van der Waals surface area contributed by atoms with E-state index in [1.165, 1.54) is 6.92 Å². The lowest BCUT2D eigenvalue weighted by Crippen LogP contribution is -2.02. The van der Waals surface area contributed by atoms with Crippen LogP contribution in [-0.2, 0) is 0 Å². The first-order valence-electron chi connectivity index (χ1n) is 5.57. The van der Waals surface area contributed by atoms with Crippen LogP contribution in [0, 0.1) is 0 Å². The van der Waals surface area contributed by atoms with E-state index in [4.69, 9.17) is 9.47 Å². The normalized spacial score (nSPS) is 9.82. The molecule has 0 aliphatic carbocycles. The lowest BCUT2D eigenvalue weighted by atomic mass is 10.1. The molecular formula is C14H18O3. The molecule has 0 aromatic heterocycles. The van der Waals surface area contributed by atoms with Gasteiger partial charge in [-0.25, -0.2) is 0 Å². The Kier molecular flexibility index (Phi) is 4.76. The van der Waals surface area contributed by atoms with E-state index in [-0.39, 0.29) is 5.78 Å². The molecular weight excluding hydrogens is 216 g/mol. The third-order valence-corrected chi connectivity index (χ3v) is 2.50. The molecule has 92 valence electrons. The van der Waals surface area contributed by atoms with Gasteiger partial charge in [-0.3, -0.25) is 4.79 Å². The van der Waals surface area contributed by atoms with Crippen LogP contribution in [0.25, 0.3) is 0 Å². The van der Waals surface area contributed by atoms with Crippen molar-refractivity contribution in [1.29, 1.82) is 0 Å². The fourth-order valence-electron chi connectivity index (χ4n) is 1.29. The number of carbonyl (C=O) groups is 1. The monoisotopic (exact) mass is 234 g/mol. The first kappa shape index (κ1) is 13.3. The number of Topliss-reactive ketones (excluding diaryl/α,β-unsaturated/α-hetero) is 1. The lowest BCUT2D eigenvalue weighted by Gasteiger charge is -2.12. The van der Waals surface area contributed by atoms with Crippen molar-refractivity contribution in [2.75, 3.05) is 13.7 Å². The summed E-state index contributed by atoms with van der Waals surface area (Å²) in [6.45, 7) is 7.89. The van der Waals surface area contributed by atoms with Crippen LogP contribution in [0.5, 0.6) is 11.5 Å². The number of methoxy groups -OCH3 is 1. The van der Waals surface area contributed by atoms with E-state index in [0.717, 1.165) is 12.0 Å². The third-order valence-electron chi connectivity index (χ3n) is 2.50.